The Morgan fingerprint density at radius 2 is 2.00 bits per heavy atom. The fourth-order valence-corrected chi connectivity index (χ4v) is 2.08. The minimum absolute atomic E-state index is 0.750. The van der Waals surface area contributed by atoms with Crippen molar-refractivity contribution >= 4 is 0 Å². The molecule has 0 heterocycles. The van der Waals surface area contributed by atoms with Crippen LogP contribution in [0.1, 0.15) is 19.3 Å². The maximum atomic E-state index is 5.14. The second-order valence-corrected chi connectivity index (χ2v) is 3.51. The molecule has 54 valence electrons. The molecule has 2 unspecified atom stereocenters. The van der Waals surface area contributed by atoms with Crippen molar-refractivity contribution in [3.63, 3.8) is 0 Å². The molecule has 0 aromatic carbocycles. The molecule has 0 aliphatic heterocycles. The first kappa shape index (κ1) is 6.24. The molecule has 2 aliphatic carbocycles. The summed E-state index contributed by atoms with van der Waals surface area (Å²) >= 11 is 0. The third-order valence-electron chi connectivity index (χ3n) is 2.74. The Balaban J connectivity index is 1.72. The minimum Gasteiger partial charge on any atom is -0.303 e. The first-order valence-corrected chi connectivity index (χ1v) is 4.07. The van der Waals surface area contributed by atoms with Crippen LogP contribution in [-0.2, 0) is 0 Å². The Bertz CT molecular complexity index is 158. The highest BCUT2D eigenvalue weighted by atomic mass is 14.9. The Hall–Kier alpha value is -0.480. The van der Waals surface area contributed by atoms with Crippen molar-refractivity contribution in [1.82, 2.24) is 5.32 Å². The number of hydrogen-bond acceptors (Lipinski definition) is 1. The number of rotatable bonds is 2. The van der Waals surface area contributed by atoms with E-state index in [9.17, 15) is 0 Å². The van der Waals surface area contributed by atoms with E-state index in [2.05, 4.69) is 11.2 Å². The number of terminal acetylenes is 1. The van der Waals surface area contributed by atoms with Crippen LogP contribution in [0.3, 0.4) is 0 Å². The summed E-state index contributed by atoms with van der Waals surface area (Å²) in [5.41, 5.74) is 0. The minimum atomic E-state index is 0.750. The Morgan fingerprint density at radius 3 is 2.60 bits per heavy atom. The Morgan fingerprint density at radius 1 is 1.30 bits per heavy atom. The van der Waals surface area contributed by atoms with Crippen LogP contribution in [0.4, 0.5) is 0 Å². The van der Waals surface area contributed by atoms with E-state index in [1.807, 2.05) is 0 Å². The molecule has 2 atom stereocenters. The van der Waals surface area contributed by atoms with Gasteiger partial charge in [0.2, 0.25) is 0 Å². The molecular formula is C9H13N. The van der Waals surface area contributed by atoms with Crippen LogP contribution in [0.25, 0.3) is 0 Å². The average molecular weight is 135 g/mol. The molecule has 0 saturated heterocycles. The third-order valence-corrected chi connectivity index (χ3v) is 2.74. The lowest BCUT2D eigenvalue weighted by atomic mass is 10.2. The molecule has 1 N–H and O–H groups in total. The van der Waals surface area contributed by atoms with Gasteiger partial charge < -0.3 is 5.32 Å². The smallest absolute Gasteiger partial charge is 0.0575 e. The topological polar surface area (TPSA) is 12.0 Å². The molecule has 2 fully saturated rings. The zero-order valence-corrected chi connectivity index (χ0v) is 6.14. The van der Waals surface area contributed by atoms with Crippen molar-refractivity contribution < 1.29 is 0 Å². The van der Waals surface area contributed by atoms with Crippen LogP contribution in [0.15, 0.2) is 0 Å². The van der Waals surface area contributed by atoms with Crippen molar-refractivity contribution in [2.45, 2.75) is 25.3 Å². The van der Waals surface area contributed by atoms with E-state index < -0.39 is 0 Å². The summed E-state index contributed by atoms with van der Waals surface area (Å²) in [6.07, 6.45) is 9.40. The second-order valence-electron chi connectivity index (χ2n) is 3.51. The van der Waals surface area contributed by atoms with E-state index in [1.165, 1.54) is 19.3 Å². The van der Waals surface area contributed by atoms with Gasteiger partial charge in [0.25, 0.3) is 0 Å². The average Bonchev–Trinajstić information content (AvgIpc) is 2.56. The maximum Gasteiger partial charge on any atom is 0.0575 e. The fraction of sp³-hybridized carbons (Fsp3) is 0.778. The molecule has 1 heteroatoms. The molecule has 2 aliphatic rings. The first-order chi connectivity index (χ1) is 4.90. The number of fused-ring (bicyclic) bond motifs is 1. The van der Waals surface area contributed by atoms with Crippen molar-refractivity contribution in [3.8, 4) is 12.3 Å². The predicted octanol–water partition coefficient (Wildman–Crippen LogP) is 1.01. The highest BCUT2D eigenvalue weighted by molar-refractivity contribution is 5.00. The van der Waals surface area contributed by atoms with Gasteiger partial charge in [-0.05, 0) is 31.1 Å². The van der Waals surface area contributed by atoms with Gasteiger partial charge in [0.15, 0.2) is 0 Å². The molecule has 0 spiro atoms. The predicted molar refractivity (Wildman–Crippen MR) is 41.5 cm³/mol. The van der Waals surface area contributed by atoms with E-state index in [1.54, 1.807) is 0 Å². The van der Waals surface area contributed by atoms with Crippen LogP contribution < -0.4 is 5.32 Å². The van der Waals surface area contributed by atoms with Gasteiger partial charge in [-0.15, -0.1) is 6.42 Å². The van der Waals surface area contributed by atoms with E-state index in [4.69, 9.17) is 6.42 Å². The molecular weight excluding hydrogens is 122 g/mol. The summed E-state index contributed by atoms with van der Waals surface area (Å²) in [4.78, 5) is 0. The van der Waals surface area contributed by atoms with Crippen LogP contribution in [0.5, 0.6) is 0 Å². The quantitative estimate of drug-likeness (QED) is 0.557. The Kier molecular flexibility index (Phi) is 1.43. The van der Waals surface area contributed by atoms with E-state index in [0.717, 1.165) is 24.4 Å². The van der Waals surface area contributed by atoms with Gasteiger partial charge in [0, 0.05) is 6.04 Å². The van der Waals surface area contributed by atoms with Gasteiger partial charge >= 0.3 is 0 Å². The molecule has 0 aromatic heterocycles. The summed E-state index contributed by atoms with van der Waals surface area (Å²) in [5.74, 6) is 4.74. The lowest BCUT2D eigenvalue weighted by molar-refractivity contribution is 0.508. The summed E-state index contributed by atoms with van der Waals surface area (Å²) in [6, 6.07) is 0.750. The van der Waals surface area contributed by atoms with Crippen molar-refractivity contribution in [3.05, 3.63) is 0 Å². The zero-order valence-electron chi connectivity index (χ0n) is 6.14. The van der Waals surface area contributed by atoms with Gasteiger partial charge in [0.05, 0.1) is 6.54 Å². The van der Waals surface area contributed by atoms with Crippen molar-refractivity contribution in [2.75, 3.05) is 6.54 Å². The zero-order chi connectivity index (χ0) is 6.97. The lowest BCUT2D eigenvalue weighted by Crippen LogP contribution is -2.27. The summed E-state index contributed by atoms with van der Waals surface area (Å²) in [5, 5.41) is 3.36. The van der Waals surface area contributed by atoms with Crippen LogP contribution >= 0.6 is 0 Å². The Labute approximate surface area is 62.2 Å². The van der Waals surface area contributed by atoms with Gasteiger partial charge in [-0.3, -0.25) is 0 Å². The van der Waals surface area contributed by atoms with E-state index >= 15 is 0 Å². The molecule has 1 nitrogen and oxygen atoms in total. The fourth-order valence-electron chi connectivity index (χ4n) is 2.08. The SMILES string of the molecule is C#CCNC1CC2CC2C1. The molecule has 0 bridgehead atoms. The lowest BCUT2D eigenvalue weighted by Gasteiger charge is -2.10. The number of hydrogen-bond donors (Lipinski definition) is 1. The molecule has 2 rings (SSSR count). The van der Waals surface area contributed by atoms with E-state index in [0.29, 0.717) is 0 Å². The molecule has 0 amide bonds. The monoisotopic (exact) mass is 135 g/mol. The summed E-state index contributed by atoms with van der Waals surface area (Å²) in [6.45, 7) is 0.754. The van der Waals surface area contributed by atoms with Crippen LogP contribution in [-0.4, -0.2) is 12.6 Å². The standard InChI is InChI=1S/C9H13N/c1-2-3-10-9-5-7-4-8(7)6-9/h1,7-10H,3-6H2. The highest BCUT2D eigenvalue weighted by Crippen LogP contribution is 2.51. The summed E-state index contributed by atoms with van der Waals surface area (Å²) in [7, 11) is 0. The van der Waals surface area contributed by atoms with Gasteiger partial charge in [-0.25, -0.2) is 0 Å². The highest BCUT2D eigenvalue weighted by Gasteiger charge is 2.45. The first-order valence-electron chi connectivity index (χ1n) is 4.07. The van der Waals surface area contributed by atoms with Gasteiger partial charge in [-0.1, -0.05) is 5.92 Å². The second kappa shape index (κ2) is 2.29. The normalized spacial score (nSPS) is 42.5. The molecule has 2 saturated carbocycles. The van der Waals surface area contributed by atoms with Crippen LogP contribution in [0.2, 0.25) is 0 Å². The molecule has 10 heavy (non-hydrogen) atoms. The molecule has 0 aromatic rings. The third kappa shape index (κ3) is 1.04. The van der Waals surface area contributed by atoms with E-state index in [-0.39, 0.29) is 0 Å². The number of nitrogens with one attached hydrogen (secondary N) is 1. The van der Waals surface area contributed by atoms with Crippen LogP contribution in [0, 0.1) is 24.2 Å². The molecule has 0 radical (unpaired) electrons. The van der Waals surface area contributed by atoms with Gasteiger partial charge in [0.1, 0.15) is 0 Å². The maximum absolute atomic E-state index is 5.14. The largest absolute Gasteiger partial charge is 0.303 e. The van der Waals surface area contributed by atoms with Crippen molar-refractivity contribution in [2.24, 2.45) is 11.8 Å². The summed E-state index contributed by atoms with van der Waals surface area (Å²) < 4.78 is 0. The van der Waals surface area contributed by atoms with Crippen molar-refractivity contribution in [1.29, 1.82) is 0 Å². The van der Waals surface area contributed by atoms with Gasteiger partial charge in [-0.2, -0.15) is 0 Å².